The minimum absolute atomic E-state index is 0.0274. The van der Waals surface area contributed by atoms with Crippen molar-refractivity contribution in [3.05, 3.63) is 12.2 Å². The second kappa shape index (κ2) is 5.43. The molecule has 0 radical (unpaired) electrons. The van der Waals surface area contributed by atoms with Gasteiger partial charge < -0.3 is 10.8 Å². The van der Waals surface area contributed by atoms with Gasteiger partial charge in [0.15, 0.2) is 0 Å². The molecule has 0 atom stereocenters. The molecule has 0 rings (SSSR count). The lowest BCUT2D eigenvalue weighted by Crippen LogP contribution is -2.33. The third-order valence-electron chi connectivity index (χ3n) is 0.811. The van der Waals surface area contributed by atoms with E-state index in [0.29, 0.717) is 6.42 Å². The minimum atomic E-state index is -0.886. The molecule has 0 aliphatic carbocycles. The fourth-order valence-corrected chi connectivity index (χ4v) is 0.428. The third kappa shape index (κ3) is 6.53. The summed E-state index contributed by atoms with van der Waals surface area (Å²) < 4.78 is 0. The van der Waals surface area contributed by atoms with E-state index in [4.69, 9.17) is 5.11 Å². The van der Waals surface area contributed by atoms with Crippen molar-refractivity contribution < 1.29 is 14.7 Å². The van der Waals surface area contributed by atoms with Crippen molar-refractivity contribution in [3.63, 3.8) is 0 Å². The summed E-state index contributed by atoms with van der Waals surface area (Å²) in [6.07, 6.45) is 2.96. The van der Waals surface area contributed by atoms with E-state index in [0.717, 1.165) is 6.08 Å². The quantitative estimate of drug-likeness (QED) is 0.465. The molecule has 0 unspecified atom stereocenters. The summed E-state index contributed by atoms with van der Waals surface area (Å²) in [5.41, 5.74) is 4.64. The van der Waals surface area contributed by atoms with Gasteiger partial charge in [-0.25, -0.2) is 4.79 Å². The van der Waals surface area contributed by atoms with Gasteiger partial charge in [-0.2, -0.15) is 0 Å². The van der Waals surface area contributed by atoms with Crippen LogP contribution in [0.4, 0.5) is 4.79 Å². The van der Waals surface area contributed by atoms with Crippen LogP contribution in [0.3, 0.4) is 0 Å². The lowest BCUT2D eigenvalue weighted by molar-refractivity contribution is -0.115. The second-order valence-electron chi connectivity index (χ2n) is 1.77. The largest absolute Gasteiger partial charge is 0.396 e. The third-order valence-corrected chi connectivity index (χ3v) is 0.811. The Kier molecular flexibility index (Phi) is 4.76. The number of rotatable bonds is 3. The SMILES string of the molecule is NC(=O)NC(=O)C=CCCO. The molecule has 0 saturated heterocycles. The molecule has 62 valence electrons. The highest BCUT2D eigenvalue weighted by molar-refractivity contribution is 5.99. The van der Waals surface area contributed by atoms with Gasteiger partial charge in [-0.1, -0.05) is 6.08 Å². The van der Waals surface area contributed by atoms with Crippen molar-refractivity contribution >= 4 is 11.9 Å². The van der Waals surface area contributed by atoms with Crippen molar-refractivity contribution in [2.24, 2.45) is 5.73 Å². The topological polar surface area (TPSA) is 92.4 Å². The molecule has 4 N–H and O–H groups in total. The standard InChI is InChI=1S/C6H10N2O3/c7-6(11)8-5(10)3-1-2-4-9/h1,3,9H,2,4H2,(H3,7,8,10,11). The second-order valence-corrected chi connectivity index (χ2v) is 1.77. The average molecular weight is 158 g/mol. The first-order valence-electron chi connectivity index (χ1n) is 3.04. The van der Waals surface area contributed by atoms with Crippen LogP contribution in [0.5, 0.6) is 0 Å². The average Bonchev–Trinajstić information content (AvgIpc) is 1.86. The van der Waals surface area contributed by atoms with E-state index < -0.39 is 11.9 Å². The smallest absolute Gasteiger partial charge is 0.319 e. The predicted octanol–water partition coefficient (Wildman–Crippen LogP) is -0.880. The maximum absolute atomic E-state index is 10.5. The van der Waals surface area contributed by atoms with E-state index in [1.807, 2.05) is 5.32 Å². The summed E-state index contributed by atoms with van der Waals surface area (Å²) in [5, 5.41) is 10.1. The number of carbonyl (C=O) groups is 2. The number of nitrogens with two attached hydrogens (primary N) is 1. The zero-order chi connectivity index (χ0) is 8.69. The van der Waals surface area contributed by atoms with E-state index in [-0.39, 0.29) is 6.61 Å². The molecule has 5 heteroatoms. The molecular weight excluding hydrogens is 148 g/mol. The predicted molar refractivity (Wildman–Crippen MR) is 38.6 cm³/mol. The van der Waals surface area contributed by atoms with Crippen molar-refractivity contribution in [2.75, 3.05) is 6.61 Å². The van der Waals surface area contributed by atoms with Crippen LogP contribution >= 0.6 is 0 Å². The van der Waals surface area contributed by atoms with Crippen LogP contribution in [0, 0.1) is 0 Å². The van der Waals surface area contributed by atoms with E-state index in [1.165, 1.54) is 6.08 Å². The Morgan fingerprint density at radius 3 is 2.64 bits per heavy atom. The van der Waals surface area contributed by atoms with Crippen molar-refractivity contribution in [1.82, 2.24) is 5.32 Å². The van der Waals surface area contributed by atoms with Crippen LogP contribution in [0.15, 0.2) is 12.2 Å². The monoisotopic (exact) mass is 158 g/mol. The molecule has 0 aliphatic rings. The van der Waals surface area contributed by atoms with E-state index in [9.17, 15) is 9.59 Å². The Hall–Kier alpha value is -1.36. The van der Waals surface area contributed by atoms with E-state index in [1.54, 1.807) is 0 Å². The molecule has 0 saturated carbocycles. The number of aliphatic hydroxyl groups is 1. The first kappa shape index (κ1) is 9.64. The highest BCUT2D eigenvalue weighted by Gasteiger charge is 1.96. The highest BCUT2D eigenvalue weighted by Crippen LogP contribution is 1.79. The zero-order valence-corrected chi connectivity index (χ0v) is 5.91. The molecule has 0 bridgehead atoms. The van der Waals surface area contributed by atoms with Gasteiger partial charge in [0.25, 0.3) is 5.91 Å². The normalized spacial score (nSPS) is 9.91. The van der Waals surface area contributed by atoms with E-state index >= 15 is 0 Å². The van der Waals surface area contributed by atoms with Gasteiger partial charge in [-0.3, -0.25) is 10.1 Å². The Balaban J connectivity index is 3.60. The van der Waals surface area contributed by atoms with E-state index in [2.05, 4.69) is 5.73 Å². The van der Waals surface area contributed by atoms with Crippen molar-refractivity contribution in [2.45, 2.75) is 6.42 Å². The Labute approximate surface area is 63.9 Å². The number of imide groups is 1. The Morgan fingerprint density at radius 1 is 1.55 bits per heavy atom. The number of carbonyl (C=O) groups excluding carboxylic acids is 2. The number of primary amides is 1. The van der Waals surface area contributed by atoms with Gasteiger partial charge in [-0.05, 0) is 12.5 Å². The lowest BCUT2D eigenvalue weighted by Gasteiger charge is -1.92. The van der Waals surface area contributed by atoms with Crippen LogP contribution < -0.4 is 11.1 Å². The molecule has 0 aliphatic heterocycles. The van der Waals surface area contributed by atoms with Crippen LogP contribution in [0.25, 0.3) is 0 Å². The number of hydrogen-bond donors (Lipinski definition) is 3. The molecule has 0 heterocycles. The van der Waals surface area contributed by atoms with Gasteiger partial charge in [0.2, 0.25) is 0 Å². The molecule has 5 nitrogen and oxygen atoms in total. The van der Waals surface area contributed by atoms with Gasteiger partial charge >= 0.3 is 6.03 Å². The summed E-state index contributed by atoms with van der Waals surface area (Å²) in [5.74, 6) is -0.578. The van der Waals surface area contributed by atoms with Gasteiger partial charge in [0.05, 0.1) is 0 Å². The molecular formula is C6H10N2O3. The molecule has 11 heavy (non-hydrogen) atoms. The summed E-state index contributed by atoms with van der Waals surface area (Å²) in [4.78, 5) is 20.6. The maximum Gasteiger partial charge on any atom is 0.319 e. The maximum atomic E-state index is 10.5. The van der Waals surface area contributed by atoms with Crippen LogP contribution in [0.2, 0.25) is 0 Å². The van der Waals surface area contributed by atoms with Gasteiger partial charge in [0, 0.05) is 6.61 Å². The van der Waals surface area contributed by atoms with Crippen molar-refractivity contribution in [3.8, 4) is 0 Å². The lowest BCUT2D eigenvalue weighted by atomic mass is 10.4. The summed E-state index contributed by atoms with van der Waals surface area (Å²) in [7, 11) is 0. The number of urea groups is 1. The fourth-order valence-electron chi connectivity index (χ4n) is 0.428. The molecule has 0 aromatic heterocycles. The Bertz CT molecular complexity index is 177. The summed E-state index contributed by atoms with van der Waals surface area (Å²) >= 11 is 0. The zero-order valence-electron chi connectivity index (χ0n) is 5.91. The molecule has 3 amide bonds. The first-order valence-corrected chi connectivity index (χ1v) is 3.04. The molecule has 0 aromatic rings. The van der Waals surface area contributed by atoms with Gasteiger partial charge in [0.1, 0.15) is 0 Å². The number of hydrogen-bond acceptors (Lipinski definition) is 3. The highest BCUT2D eigenvalue weighted by atomic mass is 16.3. The minimum Gasteiger partial charge on any atom is -0.396 e. The van der Waals surface area contributed by atoms with Crippen LogP contribution in [0.1, 0.15) is 6.42 Å². The number of nitrogens with one attached hydrogen (secondary N) is 1. The number of aliphatic hydroxyl groups excluding tert-OH is 1. The van der Waals surface area contributed by atoms with Gasteiger partial charge in [-0.15, -0.1) is 0 Å². The molecule has 0 fully saturated rings. The summed E-state index contributed by atoms with van der Waals surface area (Å²) in [6.45, 7) is -0.0274. The van der Waals surface area contributed by atoms with Crippen molar-refractivity contribution in [1.29, 1.82) is 0 Å². The fraction of sp³-hybridized carbons (Fsp3) is 0.333. The first-order chi connectivity index (χ1) is 5.16. The van der Waals surface area contributed by atoms with Crippen LogP contribution in [-0.4, -0.2) is 23.7 Å². The Morgan fingerprint density at radius 2 is 2.18 bits per heavy atom. The summed E-state index contributed by atoms with van der Waals surface area (Å²) in [6, 6.07) is -0.886. The number of amides is 3. The molecule has 0 spiro atoms. The van der Waals surface area contributed by atoms with Crippen LogP contribution in [-0.2, 0) is 4.79 Å². The molecule has 0 aromatic carbocycles.